The van der Waals surface area contributed by atoms with Gasteiger partial charge in [0.2, 0.25) is 5.13 Å². The molecule has 0 bridgehead atoms. The number of aromatic nitrogens is 2. The number of benzene rings is 2. The number of amides is 1. The maximum absolute atomic E-state index is 12.3. The van der Waals surface area contributed by atoms with Crippen LogP contribution < -0.4 is 5.32 Å². The molecule has 24 heavy (non-hydrogen) atoms. The zero-order valence-electron chi connectivity index (χ0n) is 12.2. The van der Waals surface area contributed by atoms with Crippen molar-refractivity contribution in [3.8, 4) is 0 Å². The molecule has 3 aromatic rings. The van der Waals surface area contributed by atoms with Crippen LogP contribution in [0.4, 0.5) is 5.13 Å². The summed E-state index contributed by atoms with van der Waals surface area (Å²) in [6, 6.07) is 15.2. The van der Waals surface area contributed by atoms with Crippen LogP contribution in [-0.4, -0.2) is 16.1 Å². The van der Waals surface area contributed by atoms with Gasteiger partial charge in [0.1, 0.15) is 0 Å². The van der Waals surface area contributed by atoms with Gasteiger partial charge in [0, 0.05) is 10.2 Å². The summed E-state index contributed by atoms with van der Waals surface area (Å²) in [7, 11) is 0. The number of rotatable bonds is 5. The van der Waals surface area contributed by atoms with E-state index in [1.807, 2.05) is 18.2 Å². The first-order valence-corrected chi connectivity index (χ1v) is 9.86. The number of anilines is 1. The highest BCUT2D eigenvalue weighted by Gasteiger charge is 2.13. The first-order chi connectivity index (χ1) is 11.6. The fourth-order valence-corrected chi connectivity index (χ4v) is 4.34. The Hall–Kier alpha value is -1.41. The molecule has 0 aliphatic carbocycles. The summed E-state index contributed by atoms with van der Waals surface area (Å²) in [5.74, 6) is 0.505. The molecule has 0 fully saturated rings. The van der Waals surface area contributed by atoms with Crippen LogP contribution in [0.3, 0.4) is 0 Å². The van der Waals surface area contributed by atoms with Crippen molar-refractivity contribution in [3.63, 3.8) is 0 Å². The Bertz CT molecular complexity index is 858. The van der Waals surface area contributed by atoms with Crippen LogP contribution in [0, 0.1) is 0 Å². The second-order valence-corrected chi connectivity index (χ2v) is 8.25. The first-order valence-electron chi connectivity index (χ1n) is 6.88. The van der Waals surface area contributed by atoms with Crippen molar-refractivity contribution in [1.82, 2.24) is 10.2 Å². The molecule has 0 aliphatic heterocycles. The molecule has 0 saturated carbocycles. The smallest absolute Gasteiger partial charge is 0.259 e. The third kappa shape index (κ3) is 4.57. The van der Waals surface area contributed by atoms with Gasteiger partial charge in [-0.3, -0.25) is 10.1 Å². The summed E-state index contributed by atoms with van der Waals surface area (Å²) >= 11 is 12.3. The van der Waals surface area contributed by atoms with E-state index in [1.54, 1.807) is 30.0 Å². The Morgan fingerprint density at radius 1 is 1.21 bits per heavy atom. The highest BCUT2D eigenvalue weighted by molar-refractivity contribution is 9.10. The fourth-order valence-electron chi connectivity index (χ4n) is 1.88. The molecule has 0 atom stereocenters. The van der Waals surface area contributed by atoms with Crippen LogP contribution in [0.2, 0.25) is 5.02 Å². The molecule has 8 heteroatoms. The van der Waals surface area contributed by atoms with Crippen LogP contribution in [0.15, 0.2) is 57.3 Å². The zero-order valence-corrected chi connectivity index (χ0v) is 16.2. The molecule has 2 aromatic carbocycles. The summed E-state index contributed by atoms with van der Waals surface area (Å²) in [6.45, 7) is 0. The van der Waals surface area contributed by atoms with E-state index in [2.05, 4.69) is 43.6 Å². The Morgan fingerprint density at radius 3 is 2.75 bits per heavy atom. The van der Waals surface area contributed by atoms with Crippen molar-refractivity contribution in [1.29, 1.82) is 0 Å². The number of hydrogen-bond donors (Lipinski definition) is 1. The van der Waals surface area contributed by atoms with E-state index in [1.165, 1.54) is 16.9 Å². The molecule has 4 nitrogen and oxygen atoms in total. The SMILES string of the molecule is O=C(Nc1nnc(SCc2ccccc2)s1)c1ccc(Br)cc1Cl. The molecular weight excluding hydrogens is 430 g/mol. The lowest BCUT2D eigenvalue weighted by atomic mass is 10.2. The molecule has 1 N–H and O–H groups in total. The van der Waals surface area contributed by atoms with Crippen molar-refractivity contribution < 1.29 is 4.79 Å². The van der Waals surface area contributed by atoms with E-state index in [-0.39, 0.29) is 5.91 Å². The number of thioether (sulfide) groups is 1. The molecule has 1 aromatic heterocycles. The summed E-state index contributed by atoms with van der Waals surface area (Å²) in [6.07, 6.45) is 0. The van der Waals surface area contributed by atoms with E-state index in [0.29, 0.717) is 15.7 Å². The number of nitrogens with one attached hydrogen (secondary N) is 1. The molecule has 0 radical (unpaired) electrons. The highest BCUT2D eigenvalue weighted by atomic mass is 79.9. The predicted molar refractivity (Wildman–Crippen MR) is 103 cm³/mol. The molecular formula is C16H11BrClN3OS2. The van der Waals surface area contributed by atoms with Crippen molar-refractivity contribution >= 4 is 61.7 Å². The predicted octanol–water partition coefficient (Wildman–Crippen LogP) is 5.50. The van der Waals surface area contributed by atoms with Crippen LogP contribution in [-0.2, 0) is 5.75 Å². The van der Waals surface area contributed by atoms with E-state index >= 15 is 0 Å². The molecule has 0 spiro atoms. The van der Waals surface area contributed by atoms with E-state index in [4.69, 9.17) is 11.6 Å². The Balaban J connectivity index is 1.62. The van der Waals surface area contributed by atoms with Crippen LogP contribution >= 0.6 is 50.6 Å². The second kappa shape index (κ2) is 8.11. The zero-order chi connectivity index (χ0) is 16.9. The number of carbonyl (C=O) groups is 1. The minimum Gasteiger partial charge on any atom is -0.296 e. The second-order valence-electron chi connectivity index (χ2n) is 4.73. The van der Waals surface area contributed by atoms with Gasteiger partial charge in [-0.25, -0.2) is 0 Å². The Morgan fingerprint density at radius 2 is 2.00 bits per heavy atom. The molecule has 122 valence electrons. The number of carbonyl (C=O) groups excluding carboxylic acids is 1. The van der Waals surface area contributed by atoms with Gasteiger partial charge in [-0.1, -0.05) is 81.0 Å². The third-order valence-electron chi connectivity index (χ3n) is 3.01. The largest absolute Gasteiger partial charge is 0.296 e. The third-order valence-corrected chi connectivity index (χ3v) is 5.86. The van der Waals surface area contributed by atoms with E-state index in [0.717, 1.165) is 14.6 Å². The number of halogens is 2. The molecule has 0 saturated heterocycles. The van der Waals surface area contributed by atoms with Gasteiger partial charge >= 0.3 is 0 Å². The van der Waals surface area contributed by atoms with Gasteiger partial charge in [0.15, 0.2) is 4.34 Å². The minimum atomic E-state index is -0.303. The van der Waals surface area contributed by atoms with Gasteiger partial charge in [-0.2, -0.15) is 0 Å². The molecule has 1 heterocycles. The number of hydrogen-bond acceptors (Lipinski definition) is 5. The van der Waals surface area contributed by atoms with E-state index in [9.17, 15) is 4.79 Å². The van der Waals surface area contributed by atoms with Crippen LogP contribution in [0.5, 0.6) is 0 Å². The quantitative estimate of drug-likeness (QED) is 0.420. The van der Waals surface area contributed by atoms with Crippen molar-refractivity contribution in [2.75, 3.05) is 5.32 Å². The standard InChI is InChI=1S/C16H11BrClN3OS2/c17-11-6-7-12(13(18)8-11)14(22)19-15-20-21-16(24-15)23-9-10-4-2-1-3-5-10/h1-8H,9H2,(H,19,20,22). The molecule has 1 amide bonds. The van der Waals surface area contributed by atoms with Gasteiger partial charge in [-0.15, -0.1) is 10.2 Å². The van der Waals surface area contributed by atoms with Gasteiger partial charge in [0.05, 0.1) is 10.6 Å². The monoisotopic (exact) mass is 439 g/mol. The van der Waals surface area contributed by atoms with Crippen molar-refractivity contribution in [2.45, 2.75) is 10.1 Å². The molecule has 0 unspecified atom stereocenters. The minimum absolute atomic E-state index is 0.303. The average Bonchev–Trinajstić information content (AvgIpc) is 3.01. The van der Waals surface area contributed by atoms with Gasteiger partial charge in [-0.05, 0) is 23.8 Å². The lowest BCUT2D eigenvalue weighted by molar-refractivity contribution is 0.102. The van der Waals surface area contributed by atoms with Crippen LogP contribution in [0.25, 0.3) is 0 Å². The first kappa shape index (κ1) is 17.4. The normalized spacial score (nSPS) is 10.6. The van der Waals surface area contributed by atoms with Crippen LogP contribution in [0.1, 0.15) is 15.9 Å². The Kier molecular flexibility index (Phi) is 5.89. The summed E-state index contributed by atoms with van der Waals surface area (Å²) in [5.41, 5.74) is 1.61. The maximum atomic E-state index is 12.3. The summed E-state index contributed by atoms with van der Waals surface area (Å²) in [4.78, 5) is 12.3. The maximum Gasteiger partial charge on any atom is 0.259 e. The lowest BCUT2D eigenvalue weighted by Gasteiger charge is -2.03. The summed E-state index contributed by atoms with van der Waals surface area (Å²) in [5, 5.41) is 11.7. The molecule has 0 aliphatic rings. The average molecular weight is 441 g/mol. The lowest BCUT2D eigenvalue weighted by Crippen LogP contribution is -2.12. The molecule has 3 rings (SSSR count). The topological polar surface area (TPSA) is 54.9 Å². The van der Waals surface area contributed by atoms with Gasteiger partial charge in [0.25, 0.3) is 5.91 Å². The van der Waals surface area contributed by atoms with Crippen molar-refractivity contribution in [2.24, 2.45) is 0 Å². The van der Waals surface area contributed by atoms with Gasteiger partial charge < -0.3 is 0 Å². The highest BCUT2D eigenvalue weighted by Crippen LogP contribution is 2.29. The van der Waals surface area contributed by atoms with E-state index < -0.39 is 0 Å². The Labute approximate surface area is 160 Å². The summed E-state index contributed by atoms with van der Waals surface area (Å²) < 4.78 is 1.62. The van der Waals surface area contributed by atoms with Crippen molar-refractivity contribution in [3.05, 3.63) is 69.2 Å². The fraction of sp³-hybridized carbons (Fsp3) is 0.0625. The number of nitrogens with zero attached hydrogens (tertiary/aromatic N) is 2.